The highest BCUT2D eigenvalue weighted by molar-refractivity contribution is 7.20. The van der Waals surface area contributed by atoms with E-state index < -0.39 is 5.97 Å². The number of aryl methyl sites for hydroxylation is 2. The molecule has 0 N–H and O–H groups in total. The molecule has 26 heavy (non-hydrogen) atoms. The van der Waals surface area contributed by atoms with Crippen LogP contribution in [0.2, 0.25) is 0 Å². The Morgan fingerprint density at radius 2 is 2.15 bits per heavy atom. The van der Waals surface area contributed by atoms with E-state index >= 15 is 0 Å². The van der Waals surface area contributed by atoms with Gasteiger partial charge in [-0.1, -0.05) is 6.92 Å². The molecule has 1 atom stereocenters. The summed E-state index contributed by atoms with van der Waals surface area (Å²) in [4.78, 5) is 44.0. The van der Waals surface area contributed by atoms with Crippen LogP contribution in [-0.2, 0) is 16.6 Å². The Kier molecular flexibility index (Phi) is 5.41. The lowest BCUT2D eigenvalue weighted by atomic mass is 10.00. The van der Waals surface area contributed by atoms with Gasteiger partial charge in [-0.2, -0.15) is 0 Å². The molecular weight excluding hydrogens is 354 g/mol. The molecule has 1 aliphatic heterocycles. The number of likely N-dealkylation sites (tertiary alicyclic amines) is 1. The number of ether oxygens (including phenoxy) is 1. The maximum Gasteiger partial charge on any atom is 0.349 e. The molecule has 2 aromatic heterocycles. The zero-order chi connectivity index (χ0) is 18.8. The van der Waals surface area contributed by atoms with Gasteiger partial charge in [0.2, 0.25) is 0 Å². The van der Waals surface area contributed by atoms with Crippen molar-refractivity contribution >= 4 is 33.4 Å². The van der Waals surface area contributed by atoms with E-state index in [0.717, 1.165) is 43.6 Å². The molecule has 1 unspecified atom stereocenters. The smallest absolute Gasteiger partial charge is 0.349 e. The van der Waals surface area contributed by atoms with Gasteiger partial charge in [0.15, 0.2) is 6.61 Å². The number of hydrogen-bond donors (Lipinski definition) is 0. The molecule has 8 heteroatoms. The van der Waals surface area contributed by atoms with Crippen molar-refractivity contribution < 1.29 is 14.3 Å². The molecule has 0 aliphatic carbocycles. The SMILES string of the molecule is CCC1CCCCN1C(=O)COC(=O)c1sc2ncn(C)c(=O)c2c1C. The molecule has 0 radical (unpaired) electrons. The normalized spacial score (nSPS) is 17.5. The monoisotopic (exact) mass is 377 g/mol. The fourth-order valence-electron chi connectivity index (χ4n) is 3.43. The van der Waals surface area contributed by atoms with Gasteiger partial charge in [0.1, 0.15) is 9.71 Å². The zero-order valence-electron chi connectivity index (χ0n) is 15.3. The Morgan fingerprint density at radius 3 is 2.88 bits per heavy atom. The van der Waals surface area contributed by atoms with E-state index in [-0.39, 0.29) is 24.1 Å². The number of piperidine rings is 1. The van der Waals surface area contributed by atoms with Crippen LogP contribution in [-0.4, -0.2) is 45.5 Å². The molecule has 0 bridgehead atoms. The number of rotatable bonds is 4. The number of hydrogen-bond acceptors (Lipinski definition) is 6. The Hall–Kier alpha value is -2.22. The highest BCUT2D eigenvalue weighted by Crippen LogP contribution is 2.27. The van der Waals surface area contributed by atoms with Crippen LogP contribution in [0.3, 0.4) is 0 Å². The Morgan fingerprint density at radius 1 is 1.38 bits per heavy atom. The molecule has 1 saturated heterocycles. The Labute approximate surface area is 155 Å². The molecule has 140 valence electrons. The molecule has 3 rings (SSSR count). The molecule has 2 aromatic rings. The number of carbonyl (C=O) groups is 2. The molecule has 1 amide bonds. The second kappa shape index (κ2) is 7.57. The average Bonchev–Trinajstić information content (AvgIpc) is 2.99. The van der Waals surface area contributed by atoms with Crippen LogP contribution in [0.15, 0.2) is 11.1 Å². The largest absolute Gasteiger partial charge is 0.451 e. The van der Waals surface area contributed by atoms with Crippen molar-refractivity contribution in [3.05, 3.63) is 27.1 Å². The predicted molar refractivity (Wildman–Crippen MR) is 99.5 cm³/mol. The third kappa shape index (κ3) is 3.38. The summed E-state index contributed by atoms with van der Waals surface area (Å²) in [6.07, 6.45) is 5.46. The third-order valence-corrected chi connectivity index (χ3v) is 6.12. The molecule has 1 fully saturated rings. The van der Waals surface area contributed by atoms with E-state index in [4.69, 9.17) is 4.74 Å². The zero-order valence-corrected chi connectivity index (χ0v) is 16.1. The lowest BCUT2D eigenvalue weighted by molar-refractivity contribution is -0.138. The first-order valence-electron chi connectivity index (χ1n) is 8.85. The molecule has 3 heterocycles. The predicted octanol–water partition coefficient (Wildman–Crippen LogP) is 2.25. The van der Waals surface area contributed by atoms with Gasteiger partial charge in [-0.05, 0) is 38.2 Å². The molecule has 0 spiro atoms. The first kappa shape index (κ1) is 18.6. The summed E-state index contributed by atoms with van der Waals surface area (Å²) in [5, 5.41) is 0.431. The standard InChI is InChI=1S/C18H23N3O4S/c1-4-12-7-5-6-8-21(12)13(22)9-25-18(24)15-11(2)14-16(26-15)19-10-20(3)17(14)23/h10,12H,4-9H2,1-3H3. The van der Waals surface area contributed by atoms with Crippen LogP contribution < -0.4 is 5.56 Å². The van der Waals surface area contributed by atoms with Gasteiger partial charge in [-0.3, -0.25) is 9.59 Å². The summed E-state index contributed by atoms with van der Waals surface area (Å²) < 4.78 is 6.64. The number of amides is 1. The molecule has 0 aromatic carbocycles. The quantitative estimate of drug-likeness (QED) is 0.764. The summed E-state index contributed by atoms with van der Waals surface area (Å²) in [5.74, 6) is -0.733. The number of esters is 1. The molecule has 0 saturated carbocycles. The maximum atomic E-state index is 12.5. The fraction of sp³-hybridized carbons (Fsp3) is 0.556. The van der Waals surface area contributed by atoms with Crippen molar-refractivity contribution in [2.45, 2.75) is 45.6 Å². The van der Waals surface area contributed by atoms with Crippen molar-refractivity contribution in [3.8, 4) is 0 Å². The highest BCUT2D eigenvalue weighted by atomic mass is 32.1. The average molecular weight is 377 g/mol. The van der Waals surface area contributed by atoms with Gasteiger partial charge in [0.25, 0.3) is 11.5 Å². The summed E-state index contributed by atoms with van der Waals surface area (Å²) >= 11 is 1.12. The van der Waals surface area contributed by atoms with Crippen molar-refractivity contribution in [1.82, 2.24) is 14.5 Å². The number of nitrogens with zero attached hydrogens (tertiary/aromatic N) is 3. The van der Waals surface area contributed by atoms with Crippen molar-refractivity contribution in [3.63, 3.8) is 0 Å². The lowest BCUT2D eigenvalue weighted by Crippen LogP contribution is -2.45. The number of fused-ring (bicyclic) bond motifs is 1. The number of thiophene rings is 1. The number of carbonyl (C=O) groups excluding carboxylic acids is 2. The highest BCUT2D eigenvalue weighted by Gasteiger charge is 2.27. The van der Waals surface area contributed by atoms with E-state index in [1.165, 1.54) is 10.9 Å². The van der Waals surface area contributed by atoms with Gasteiger partial charge in [-0.25, -0.2) is 9.78 Å². The van der Waals surface area contributed by atoms with Crippen LogP contribution >= 0.6 is 11.3 Å². The van der Waals surface area contributed by atoms with Gasteiger partial charge >= 0.3 is 5.97 Å². The third-order valence-electron chi connectivity index (χ3n) is 4.94. The van der Waals surface area contributed by atoms with E-state index in [0.29, 0.717) is 20.7 Å². The minimum Gasteiger partial charge on any atom is -0.451 e. The van der Waals surface area contributed by atoms with Crippen LogP contribution in [0.5, 0.6) is 0 Å². The number of aromatic nitrogens is 2. The fourth-order valence-corrected chi connectivity index (χ4v) is 4.47. The van der Waals surface area contributed by atoms with E-state index in [1.807, 2.05) is 4.90 Å². The van der Waals surface area contributed by atoms with Crippen LogP contribution in [0, 0.1) is 6.92 Å². The second-order valence-electron chi connectivity index (χ2n) is 6.62. The Balaban J connectivity index is 1.73. The summed E-state index contributed by atoms with van der Waals surface area (Å²) in [6, 6.07) is 0.230. The van der Waals surface area contributed by atoms with Crippen LogP contribution in [0.25, 0.3) is 10.2 Å². The molecule has 7 nitrogen and oxygen atoms in total. The maximum absolute atomic E-state index is 12.5. The summed E-state index contributed by atoms with van der Waals surface area (Å²) in [5.41, 5.74) is 0.360. The van der Waals surface area contributed by atoms with Gasteiger partial charge in [-0.15, -0.1) is 11.3 Å². The van der Waals surface area contributed by atoms with Gasteiger partial charge in [0.05, 0.1) is 11.7 Å². The van der Waals surface area contributed by atoms with Gasteiger partial charge < -0.3 is 14.2 Å². The first-order chi connectivity index (χ1) is 12.4. The van der Waals surface area contributed by atoms with Crippen LogP contribution in [0.4, 0.5) is 0 Å². The minimum atomic E-state index is -0.578. The van der Waals surface area contributed by atoms with Crippen molar-refractivity contribution in [1.29, 1.82) is 0 Å². The van der Waals surface area contributed by atoms with E-state index in [9.17, 15) is 14.4 Å². The molecular formula is C18H23N3O4S. The minimum absolute atomic E-state index is 0.155. The first-order valence-corrected chi connectivity index (χ1v) is 9.67. The van der Waals surface area contributed by atoms with Crippen molar-refractivity contribution in [2.75, 3.05) is 13.2 Å². The van der Waals surface area contributed by atoms with E-state index in [1.54, 1.807) is 14.0 Å². The van der Waals surface area contributed by atoms with Crippen LogP contribution in [0.1, 0.15) is 47.8 Å². The van der Waals surface area contributed by atoms with Crippen molar-refractivity contribution in [2.24, 2.45) is 7.05 Å². The van der Waals surface area contributed by atoms with E-state index in [2.05, 4.69) is 11.9 Å². The Bertz CT molecular complexity index is 902. The van der Waals surface area contributed by atoms with Gasteiger partial charge in [0, 0.05) is 19.6 Å². The molecule has 1 aliphatic rings. The summed E-state index contributed by atoms with van der Waals surface area (Å²) in [6.45, 7) is 4.22. The summed E-state index contributed by atoms with van der Waals surface area (Å²) in [7, 11) is 1.62. The lowest BCUT2D eigenvalue weighted by Gasteiger charge is -2.35. The second-order valence-corrected chi connectivity index (χ2v) is 7.62. The topological polar surface area (TPSA) is 81.5 Å².